The fraction of sp³-hybridized carbons (Fsp3) is 0.571. The summed E-state index contributed by atoms with van der Waals surface area (Å²) in [5, 5.41) is 39.0. The standard InChI is InChI=1S/C14H19ClO5/c15-9-3-1-2-8(6-9)4-5-10-12(17)14(19)13(18)11(7-16)20-10/h1-3,6,10-14,16-19H,4-5,7H2/t10-,11+,12-,13+,14+/m0/s1. The predicted octanol–water partition coefficient (Wildman–Crippen LogP) is 0.115. The van der Waals surface area contributed by atoms with Gasteiger partial charge in [0.2, 0.25) is 0 Å². The fourth-order valence-corrected chi connectivity index (χ4v) is 2.63. The normalized spacial score (nSPS) is 34.1. The lowest BCUT2D eigenvalue weighted by molar-refractivity contribution is -0.230. The summed E-state index contributed by atoms with van der Waals surface area (Å²) in [5.41, 5.74) is 0.995. The van der Waals surface area contributed by atoms with Gasteiger partial charge in [-0.25, -0.2) is 0 Å². The van der Waals surface area contributed by atoms with Crippen molar-refractivity contribution in [3.8, 4) is 0 Å². The summed E-state index contributed by atoms with van der Waals surface area (Å²) >= 11 is 5.90. The van der Waals surface area contributed by atoms with Crippen LogP contribution < -0.4 is 0 Å². The van der Waals surface area contributed by atoms with Gasteiger partial charge in [-0.2, -0.15) is 0 Å². The Bertz CT molecular complexity index is 439. The van der Waals surface area contributed by atoms with Crippen molar-refractivity contribution in [1.82, 2.24) is 0 Å². The van der Waals surface area contributed by atoms with Gasteiger partial charge in [0.15, 0.2) is 0 Å². The predicted molar refractivity (Wildman–Crippen MR) is 73.5 cm³/mol. The molecule has 2 rings (SSSR count). The van der Waals surface area contributed by atoms with E-state index in [-0.39, 0.29) is 0 Å². The number of aliphatic hydroxyl groups excluding tert-OH is 4. The first kappa shape index (κ1) is 15.7. The smallest absolute Gasteiger partial charge is 0.111 e. The van der Waals surface area contributed by atoms with Gasteiger partial charge in [-0.15, -0.1) is 0 Å². The molecule has 6 heteroatoms. The van der Waals surface area contributed by atoms with Crippen molar-refractivity contribution in [1.29, 1.82) is 0 Å². The van der Waals surface area contributed by atoms with E-state index in [4.69, 9.17) is 21.4 Å². The Morgan fingerprint density at radius 3 is 2.40 bits per heavy atom. The van der Waals surface area contributed by atoms with E-state index in [1.807, 2.05) is 18.2 Å². The Balaban J connectivity index is 1.97. The zero-order valence-corrected chi connectivity index (χ0v) is 11.6. The van der Waals surface area contributed by atoms with Crippen LogP contribution in [0, 0.1) is 0 Å². The third-order valence-corrected chi connectivity index (χ3v) is 3.83. The highest BCUT2D eigenvalue weighted by Crippen LogP contribution is 2.24. The third-order valence-electron chi connectivity index (χ3n) is 3.60. The van der Waals surface area contributed by atoms with Gasteiger partial charge in [-0.3, -0.25) is 0 Å². The molecule has 20 heavy (non-hydrogen) atoms. The Kier molecular flexibility index (Phi) is 5.37. The van der Waals surface area contributed by atoms with Gasteiger partial charge in [0.25, 0.3) is 0 Å². The van der Waals surface area contributed by atoms with Gasteiger partial charge in [-0.05, 0) is 30.5 Å². The maximum absolute atomic E-state index is 9.91. The first-order chi connectivity index (χ1) is 9.52. The largest absolute Gasteiger partial charge is 0.394 e. The van der Waals surface area contributed by atoms with Crippen LogP contribution in [0.5, 0.6) is 0 Å². The maximum Gasteiger partial charge on any atom is 0.111 e. The van der Waals surface area contributed by atoms with Crippen molar-refractivity contribution < 1.29 is 25.2 Å². The summed E-state index contributed by atoms with van der Waals surface area (Å²) in [7, 11) is 0. The van der Waals surface area contributed by atoms with Crippen molar-refractivity contribution in [2.45, 2.75) is 43.4 Å². The molecule has 5 nitrogen and oxygen atoms in total. The molecule has 1 aliphatic heterocycles. The molecule has 0 aliphatic carbocycles. The van der Waals surface area contributed by atoms with Crippen LogP contribution in [-0.4, -0.2) is 57.6 Å². The molecule has 1 saturated heterocycles. The fourth-order valence-electron chi connectivity index (χ4n) is 2.42. The molecular weight excluding hydrogens is 284 g/mol. The number of hydrogen-bond acceptors (Lipinski definition) is 5. The summed E-state index contributed by atoms with van der Waals surface area (Å²) in [6.07, 6.45) is -4.21. The Labute approximate surface area is 122 Å². The second-order valence-corrected chi connectivity index (χ2v) is 5.47. The number of aryl methyl sites for hydroxylation is 1. The van der Waals surface area contributed by atoms with E-state index >= 15 is 0 Å². The van der Waals surface area contributed by atoms with E-state index < -0.39 is 37.1 Å². The molecule has 0 unspecified atom stereocenters. The molecule has 5 atom stereocenters. The highest BCUT2D eigenvalue weighted by Gasteiger charge is 2.42. The second-order valence-electron chi connectivity index (χ2n) is 5.04. The minimum Gasteiger partial charge on any atom is -0.394 e. The van der Waals surface area contributed by atoms with E-state index in [2.05, 4.69) is 0 Å². The topological polar surface area (TPSA) is 90.2 Å². The summed E-state index contributed by atoms with van der Waals surface area (Å²) in [6, 6.07) is 7.35. The zero-order chi connectivity index (χ0) is 14.7. The highest BCUT2D eigenvalue weighted by atomic mass is 35.5. The van der Waals surface area contributed by atoms with Crippen molar-refractivity contribution >= 4 is 11.6 Å². The maximum atomic E-state index is 9.91. The number of rotatable bonds is 4. The molecule has 0 bridgehead atoms. The number of hydrogen-bond donors (Lipinski definition) is 4. The van der Waals surface area contributed by atoms with Gasteiger partial charge in [0, 0.05) is 5.02 Å². The molecule has 0 aromatic heterocycles. The Morgan fingerprint density at radius 1 is 1.05 bits per heavy atom. The number of benzene rings is 1. The molecule has 1 aromatic carbocycles. The molecule has 112 valence electrons. The molecule has 1 fully saturated rings. The lowest BCUT2D eigenvalue weighted by atomic mass is 9.92. The number of halogens is 1. The number of ether oxygens (including phenoxy) is 1. The van der Waals surface area contributed by atoms with Crippen molar-refractivity contribution in [2.24, 2.45) is 0 Å². The molecule has 1 heterocycles. The second kappa shape index (κ2) is 6.85. The van der Waals surface area contributed by atoms with Crippen LogP contribution in [0.25, 0.3) is 0 Å². The van der Waals surface area contributed by atoms with Crippen LogP contribution in [0.3, 0.4) is 0 Å². The minimum absolute atomic E-state index is 0.404. The van der Waals surface area contributed by atoms with Crippen LogP contribution in [-0.2, 0) is 11.2 Å². The van der Waals surface area contributed by atoms with Gasteiger partial charge >= 0.3 is 0 Å². The van der Waals surface area contributed by atoms with Gasteiger partial charge in [0.1, 0.15) is 24.4 Å². The summed E-state index contributed by atoms with van der Waals surface area (Å²) in [5.74, 6) is 0. The average molecular weight is 303 g/mol. The molecule has 1 aliphatic rings. The first-order valence-corrected chi connectivity index (χ1v) is 6.95. The van der Waals surface area contributed by atoms with Crippen LogP contribution in [0.15, 0.2) is 24.3 Å². The molecule has 0 radical (unpaired) electrons. The quantitative estimate of drug-likeness (QED) is 0.634. The van der Waals surface area contributed by atoms with Crippen LogP contribution in [0.2, 0.25) is 5.02 Å². The van der Waals surface area contributed by atoms with Crippen molar-refractivity contribution in [3.63, 3.8) is 0 Å². The zero-order valence-electron chi connectivity index (χ0n) is 10.9. The van der Waals surface area contributed by atoms with Crippen LogP contribution in [0.4, 0.5) is 0 Å². The van der Waals surface area contributed by atoms with E-state index in [1.165, 1.54) is 0 Å². The molecule has 0 spiro atoms. The van der Waals surface area contributed by atoms with Crippen LogP contribution >= 0.6 is 11.6 Å². The average Bonchev–Trinajstić information content (AvgIpc) is 2.44. The van der Waals surface area contributed by atoms with Crippen molar-refractivity contribution in [3.05, 3.63) is 34.9 Å². The first-order valence-electron chi connectivity index (χ1n) is 6.58. The monoisotopic (exact) mass is 302 g/mol. The molecule has 0 saturated carbocycles. The SMILES string of the molecule is OC[C@H]1O[C@@H](CCc2cccc(Cl)c2)[C@H](O)[C@@H](O)[C@@H]1O. The van der Waals surface area contributed by atoms with E-state index in [1.54, 1.807) is 6.07 Å². The Hall–Kier alpha value is -0.690. The summed E-state index contributed by atoms with van der Waals surface area (Å²) in [6.45, 7) is -0.404. The lowest BCUT2D eigenvalue weighted by Gasteiger charge is -2.40. The van der Waals surface area contributed by atoms with E-state index in [9.17, 15) is 15.3 Å². The van der Waals surface area contributed by atoms with Crippen LogP contribution in [0.1, 0.15) is 12.0 Å². The Morgan fingerprint density at radius 2 is 1.75 bits per heavy atom. The molecule has 1 aromatic rings. The summed E-state index contributed by atoms with van der Waals surface area (Å²) in [4.78, 5) is 0. The lowest BCUT2D eigenvalue weighted by Crippen LogP contribution is -2.58. The minimum atomic E-state index is -1.31. The van der Waals surface area contributed by atoms with E-state index in [0.29, 0.717) is 17.9 Å². The highest BCUT2D eigenvalue weighted by molar-refractivity contribution is 6.30. The molecule has 0 amide bonds. The van der Waals surface area contributed by atoms with Gasteiger partial charge < -0.3 is 25.2 Å². The van der Waals surface area contributed by atoms with Gasteiger partial charge in [-0.1, -0.05) is 23.7 Å². The number of aliphatic hydroxyl groups is 4. The molecule has 4 N–H and O–H groups in total. The third kappa shape index (κ3) is 3.49. The van der Waals surface area contributed by atoms with Crippen molar-refractivity contribution in [2.75, 3.05) is 6.61 Å². The summed E-state index contributed by atoms with van der Waals surface area (Å²) < 4.78 is 5.44. The van der Waals surface area contributed by atoms with E-state index in [0.717, 1.165) is 5.56 Å². The molecular formula is C14H19ClO5. The van der Waals surface area contributed by atoms with Gasteiger partial charge in [0.05, 0.1) is 12.7 Å².